The van der Waals surface area contributed by atoms with Gasteiger partial charge < -0.3 is 4.74 Å². The van der Waals surface area contributed by atoms with Gasteiger partial charge in [0.2, 0.25) is 5.76 Å². The van der Waals surface area contributed by atoms with Crippen LogP contribution >= 0.6 is 0 Å². The van der Waals surface area contributed by atoms with Crippen LogP contribution in [0.5, 0.6) is 0 Å². The predicted molar refractivity (Wildman–Crippen MR) is 53.7 cm³/mol. The fraction of sp³-hybridized carbons (Fsp3) is 0.100. The lowest BCUT2D eigenvalue weighted by atomic mass is 10.2. The summed E-state index contributed by atoms with van der Waals surface area (Å²) in [5.74, 6) is -3.21. The molecular formula is C10H6F3NO4. The molecule has 5 nitrogen and oxygen atoms in total. The van der Waals surface area contributed by atoms with Crippen LogP contribution in [0.2, 0.25) is 0 Å². The molecule has 0 radical (unpaired) electrons. The van der Waals surface area contributed by atoms with Crippen molar-refractivity contribution in [3.63, 3.8) is 0 Å². The number of alkyl halides is 3. The van der Waals surface area contributed by atoms with Crippen LogP contribution < -0.4 is 0 Å². The summed E-state index contributed by atoms with van der Waals surface area (Å²) >= 11 is 0. The van der Waals surface area contributed by atoms with E-state index in [1.807, 2.05) is 0 Å². The fourth-order valence-corrected chi connectivity index (χ4v) is 1.03. The number of rotatable bonds is 3. The quantitative estimate of drug-likeness (QED) is 0.363. The number of nitro groups is 1. The number of carbonyl (C=O) groups is 1. The number of benzene rings is 1. The van der Waals surface area contributed by atoms with Gasteiger partial charge in [-0.3, -0.25) is 10.1 Å². The number of ether oxygens (including phenoxy) is 1. The Labute approximate surface area is 98.6 Å². The van der Waals surface area contributed by atoms with Gasteiger partial charge in [-0.05, 0) is 6.07 Å². The largest absolute Gasteiger partial charge is 0.449 e. The first-order chi connectivity index (χ1) is 8.23. The van der Waals surface area contributed by atoms with Crippen LogP contribution in [0.15, 0.2) is 36.6 Å². The van der Waals surface area contributed by atoms with E-state index in [0.29, 0.717) is 0 Å². The number of nitro benzene ring substituents is 1. The molecule has 0 aliphatic carbocycles. The second kappa shape index (κ2) is 4.86. The van der Waals surface area contributed by atoms with E-state index >= 15 is 0 Å². The van der Waals surface area contributed by atoms with E-state index in [9.17, 15) is 28.1 Å². The zero-order chi connectivity index (χ0) is 13.9. The first kappa shape index (κ1) is 13.7. The first-order valence-corrected chi connectivity index (χ1v) is 4.45. The number of allylic oxidation sites excluding steroid dienone is 1. The standard InChI is InChI=1S/C10H6F3NO4/c1-6(10(11,12)13)18-9(15)7-4-2-3-5-8(7)14(16)17/h2-5H,1H2. The van der Waals surface area contributed by atoms with Crippen LogP contribution in [-0.4, -0.2) is 17.1 Å². The minimum absolute atomic E-state index is 0.576. The average molecular weight is 261 g/mol. The second-order valence-electron chi connectivity index (χ2n) is 3.08. The van der Waals surface area contributed by atoms with E-state index in [0.717, 1.165) is 12.1 Å². The van der Waals surface area contributed by atoms with Gasteiger partial charge in [0.1, 0.15) is 5.56 Å². The Kier molecular flexibility index (Phi) is 3.70. The molecule has 0 amide bonds. The summed E-state index contributed by atoms with van der Waals surface area (Å²) in [4.78, 5) is 21.0. The Morgan fingerprint density at radius 2 is 1.89 bits per heavy atom. The van der Waals surface area contributed by atoms with Gasteiger partial charge in [-0.2, -0.15) is 13.2 Å². The Bertz CT molecular complexity index is 510. The topological polar surface area (TPSA) is 69.4 Å². The average Bonchev–Trinajstić information content (AvgIpc) is 2.27. The molecule has 96 valence electrons. The van der Waals surface area contributed by atoms with Gasteiger partial charge in [-0.1, -0.05) is 18.7 Å². The monoisotopic (exact) mass is 261 g/mol. The highest BCUT2D eigenvalue weighted by atomic mass is 19.4. The maximum absolute atomic E-state index is 12.1. The van der Waals surface area contributed by atoms with Gasteiger partial charge in [0.25, 0.3) is 5.69 Å². The van der Waals surface area contributed by atoms with E-state index in [-0.39, 0.29) is 0 Å². The molecule has 0 aliphatic rings. The molecule has 18 heavy (non-hydrogen) atoms. The van der Waals surface area contributed by atoms with E-state index in [2.05, 4.69) is 11.3 Å². The number of halogens is 3. The first-order valence-electron chi connectivity index (χ1n) is 4.45. The Morgan fingerprint density at radius 1 is 1.33 bits per heavy atom. The number of esters is 1. The zero-order valence-corrected chi connectivity index (χ0v) is 8.73. The number of hydrogen-bond acceptors (Lipinski definition) is 4. The van der Waals surface area contributed by atoms with Crippen molar-refractivity contribution in [3.05, 3.63) is 52.3 Å². The van der Waals surface area contributed by atoms with Crippen LogP contribution in [-0.2, 0) is 4.74 Å². The highest BCUT2D eigenvalue weighted by molar-refractivity contribution is 5.94. The molecule has 0 unspecified atom stereocenters. The fourth-order valence-electron chi connectivity index (χ4n) is 1.03. The Balaban J connectivity index is 2.99. The molecule has 0 atom stereocenters. The van der Waals surface area contributed by atoms with Gasteiger partial charge in [0.05, 0.1) is 4.92 Å². The summed E-state index contributed by atoms with van der Waals surface area (Å²) in [5, 5.41) is 10.6. The molecule has 0 saturated heterocycles. The lowest BCUT2D eigenvalue weighted by molar-refractivity contribution is -0.385. The summed E-state index contributed by atoms with van der Waals surface area (Å²) in [6.45, 7) is 2.53. The molecule has 1 aromatic carbocycles. The Hall–Kier alpha value is -2.38. The summed E-state index contributed by atoms with van der Waals surface area (Å²) in [6.07, 6.45) is -4.90. The van der Waals surface area contributed by atoms with E-state index < -0.39 is 34.1 Å². The summed E-state index contributed by atoms with van der Waals surface area (Å²) in [5.41, 5.74) is -1.22. The molecular weight excluding hydrogens is 255 g/mol. The normalized spacial score (nSPS) is 10.8. The van der Waals surface area contributed by atoms with Crippen molar-refractivity contribution in [2.75, 3.05) is 0 Å². The minimum Gasteiger partial charge on any atom is -0.418 e. The molecule has 0 heterocycles. The van der Waals surface area contributed by atoms with Gasteiger partial charge in [0.15, 0.2) is 0 Å². The maximum Gasteiger partial charge on any atom is 0.449 e. The van der Waals surface area contributed by atoms with Crippen LogP contribution in [0.3, 0.4) is 0 Å². The van der Waals surface area contributed by atoms with Gasteiger partial charge >= 0.3 is 12.1 Å². The van der Waals surface area contributed by atoms with Crippen molar-refractivity contribution >= 4 is 11.7 Å². The summed E-state index contributed by atoms with van der Waals surface area (Å²) in [6, 6.07) is 4.50. The number of para-hydroxylation sites is 1. The van der Waals surface area contributed by atoms with Crippen LogP contribution in [0.4, 0.5) is 18.9 Å². The molecule has 0 N–H and O–H groups in total. The zero-order valence-electron chi connectivity index (χ0n) is 8.73. The Morgan fingerprint density at radius 3 is 2.39 bits per heavy atom. The van der Waals surface area contributed by atoms with Gasteiger partial charge in [0, 0.05) is 6.07 Å². The van der Waals surface area contributed by atoms with Crippen LogP contribution in [0, 0.1) is 10.1 Å². The van der Waals surface area contributed by atoms with Gasteiger partial charge in [-0.25, -0.2) is 4.79 Å². The molecule has 1 aromatic rings. The molecule has 0 aliphatic heterocycles. The van der Waals surface area contributed by atoms with Crippen molar-refractivity contribution in [1.82, 2.24) is 0 Å². The smallest absolute Gasteiger partial charge is 0.418 e. The van der Waals surface area contributed by atoms with Crippen molar-refractivity contribution in [3.8, 4) is 0 Å². The SMILES string of the molecule is C=C(OC(=O)c1ccccc1[N+](=O)[O-])C(F)(F)F. The summed E-state index contributed by atoms with van der Waals surface area (Å²) in [7, 11) is 0. The molecule has 0 saturated carbocycles. The number of hydrogen-bond donors (Lipinski definition) is 0. The molecule has 1 rings (SSSR count). The summed E-state index contributed by atoms with van der Waals surface area (Å²) < 4.78 is 40.1. The highest BCUT2D eigenvalue weighted by Gasteiger charge is 2.36. The molecule has 0 bridgehead atoms. The highest BCUT2D eigenvalue weighted by Crippen LogP contribution is 2.27. The lowest BCUT2D eigenvalue weighted by Crippen LogP contribution is -2.18. The predicted octanol–water partition coefficient (Wildman–Crippen LogP) is 2.83. The third kappa shape index (κ3) is 3.06. The minimum atomic E-state index is -4.90. The van der Waals surface area contributed by atoms with E-state index in [1.54, 1.807) is 0 Å². The van der Waals surface area contributed by atoms with Crippen molar-refractivity contribution < 1.29 is 27.6 Å². The van der Waals surface area contributed by atoms with Crippen molar-refractivity contribution in [2.45, 2.75) is 6.18 Å². The lowest BCUT2D eigenvalue weighted by Gasteiger charge is -2.10. The van der Waals surface area contributed by atoms with Gasteiger partial charge in [-0.15, -0.1) is 0 Å². The molecule has 0 fully saturated rings. The van der Waals surface area contributed by atoms with E-state index in [1.165, 1.54) is 12.1 Å². The van der Waals surface area contributed by atoms with Crippen LogP contribution in [0.1, 0.15) is 10.4 Å². The number of nitrogens with zero attached hydrogens (tertiary/aromatic N) is 1. The van der Waals surface area contributed by atoms with Crippen molar-refractivity contribution in [2.24, 2.45) is 0 Å². The van der Waals surface area contributed by atoms with Crippen LogP contribution in [0.25, 0.3) is 0 Å². The second-order valence-corrected chi connectivity index (χ2v) is 3.08. The third-order valence-electron chi connectivity index (χ3n) is 1.85. The van der Waals surface area contributed by atoms with E-state index in [4.69, 9.17) is 0 Å². The number of carbonyl (C=O) groups excluding carboxylic acids is 1. The third-order valence-corrected chi connectivity index (χ3v) is 1.85. The molecule has 8 heteroatoms. The maximum atomic E-state index is 12.1. The molecule has 0 spiro atoms. The van der Waals surface area contributed by atoms with Crippen molar-refractivity contribution in [1.29, 1.82) is 0 Å². The molecule has 0 aromatic heterocycles.